The van der Waals surface area contributed by atoms with Crippen molar-refractivity contribution in [3.8, 4) is 0 Å². The second-order valence-electron chi connectivity index (χ2n) is 7.24. The van der Waals surface area contributed by atoms with E-state index in [1.54, 1.807) is 39.0 Å². The molecular weight excluding hydrogens is 344 g/mol. The van der Waals surface area contributed by atoms with Crippen LogP contribution in [0.2, 0.25) is 0 Å². The number of alkyl carbamates (subject to hydrolysis) is 1. The molecule has 1 amide bonds. The summed E-state index contributed by atoms with van der Waals surface area (Å²) >= 11 is 0. The lowest BCUT2D eigenvalue weighted by atomic mass is 10.1. The van der Waals surface area contributed by atoms with Crippen LogP contribution in [0.4, 0.5) is 10.5 Å². The van der Waals surface area contributed by atoms with E-state index < -0.39 is 23.7 Å². The Hall–Kier alpha value is -3.02. The molecule has 0 spiro atoms. The van der Waals surface area contributed by atoms with E-state index >= 15 is 0 Å². The van der Waals surface area contributed by atoms with Gasteiger partial charge in [-0.05, 0) is 44.0 Å². The highest BCUT2D eigenvalue weighted by Crippen LogP contribution is 2.11. The number of carbonyl (C=O) groups excluding carboxylic acids is 2. The average molecular weight is 370 g/mol. The number of nitrogen functional groups attached to an aromatic ring is 1. The van der Waals surface area contributed by atoms with Gasteiger partial charge in [-0.15, -0.1) is 0 Å². The molecular formula is C21H26N2O4. The van der Waals surface area contributed by atoms with Crippen LogP contribution in [-0.4, -0.2) is 23.7 Å². The van der Waals surface area contributed by atoms with Gasteiger partial charge >= 0.3 is 12.1 Å². The number of hydrogen-bond acceptors (Lipinski definition) is 5. The summed E-state index contributed by atoms with van der Waals surface area (Å²) in [4.78, 5) is 24.7. The van der Waals surface area contributed by atoms with Crippen LogP contribution in [0.5, 0.6) is 0 Å². The first kappa shape index (κ1) is 20.3. The Labute approximate surface area is 159 Å². The molecule has 0 saturated heterocycles. The molecule has 0 aliphatic rings. The Morgan fingerprint density at radius 2 is 1.70 bits per heavy atom. The number of esters is 1. The lowest BCUT2D eigenvalue weighted by Crippen LogP contribution is -2.45. The highest BCUT2D eigenvalue weighted by atomic mass is 16.6. The Morgan fingerprint density at radius 1 is 1.04 bits per heavy atom. The second kappa shape index (κ2) is 9.07. The Balaban J connectivity index is 2.05. The maximum absolute atomic E-state index is 12.6. The van der Waals surface area contributed by atoms with E-state index in [4.69, 9.17) is 15.2 Å². The van der Waals surface area contributed by atoms with Crippen LogP contribution in [0.25, 0.3) is 0 Å². The van der Waals surface area contributed by atoms with Gasteiger partial charge in [0, 0.05) is 12.1 Å². The number of ether oxygens (including phenoxy) is 2. The van der Waals surface area contributed by atoms with Gasteiger partial charge in [0.15, 0.2) is 0 Å². The molecule has 1 atom stereocenters. The minimum Gasteiger partial charge on any atom is -0.459 e. The maximum Gasteiger partial charge on any atom is 0.408 e. The van der Waals surface area contributed by atoms with E-state index in [2.05, 4.69) is 5.32 Å². The molecule has 0 radical (unpaired) electrons. The number of hydrogen-bond donors (Lipinski definition) is 2. The second-order valence-corrected chi connectivity index (χ2v) is 7.24. The third-order valence-electron chi connectivity index (χ3n) is 3.59. The van der Waals surface area contributed by atoms with E-state index in [-0.39, 0.29) is 6.61 Å². The van der Waals surface area contributed by atoms with E-state index in [0.29, 0.717) is 12.1 Å². The normalized spacial score (nSPS) is 12.1. The summed E-state index contributed by atoms with van der Waals surface area (Å²) in [6, 6.07) is 15.6. The first-order valence-electron chi connectivity index (χ1n) is 8.77. The van der Waals surface area contributed by atoms with Gasteiger partial charge in [0.2, 0.25) is 0 Å². The van der Waals surface area contributed by atoms with Crippen molar-refractivity contribution in [2.45, 2.75) is 45.4 Å². The van der Waals surface area contributed by atoms with Crippen LogP contribution in [0.15, 0.2) is 54.6 Å². The smallest absolute Gasteiger partial charge is 0.408 e. The number of rotatable bonds is 6. The molecule has 2 aromatic rings. The third-order valence-corrected chi connectivity index (χ3v) is 3.59. The summed E-state index contributed by atoms with van der Waals surface area (Å²) in [6.07, 6.45) is -0.361. The molecule has 0 bridgehead atoms. The van der Waals surface area contributed by atoms with E-state index in [1.807, 2.05) is 36.4 Å². The highest BCUT2D eigenvalue weighted by Gasteiger charge is 2.26. The van der Waals surface area contributed by atoms with Crippen LogP contribution in [0.3, 0.4) is 0 Å². The number of benzene rings is 2. The fourth-order valence-electron chi connectivity index (χ4n) is 2.43. The Bertz CT molecular complexity index is 769. The van der Waals surface area contributed by atoms with Crippen LogP contribution in [0, 0.1) is 0 Å². The molecule has 3 N–H and O–H groups in total. The van der Waals surface area contributed by atoms with Gasteiger partial charge in [0.05, 0.1) is 0 Å². The first-order chi connectivity index (χ1) is 12.7. The molecule has 6 nitrogen and oxygen atoms in total. The predicted octanol–water partition coefficient (Wildman–Crippen LogP) is 3.45. The summed E-state index contributed by atoms with van der Waals surface area (Å²) in [5.41, 5.74) is 7.35. The number of nitrogens with one attached hydrogen (secondary N) is 1. The van der Waals surface area contributed by atoms with Crippen LogP contribution >= 0.6 is 0 Å². The van der Waals surface area contributed by atoms with Crippen molar-refractivity contribution >= 4 is 17.7 Å². The first-order valence-corrected chi connectivity index (χ1v) is 8.77. The minimum absolute atomic E-state index is 0.0746. The summed E-state index contributed by atoms with van der Waals surface area (Å²) in [5.74, 6) is -0.535. The van der Waals surface area contributed by atoms with Gasteiger partial charge in [0.1, 0.15) is 18.2 Å². The molecule has 27 heavy (non-hydrogen) atoms. The van der Waals surface area contributed by atoms with Gasteiger partial charge in [-0.3, -0.25) is 0 Å². The van der Waals surface area contributed by atoms with Crippen molar-refractivity contribution in [2.75, 3.05) is 5.73 Å². The largest absolute Gasteiger partial charge is 0.459 e. The topological polar surface area (TPSA) is 90.6 Å². The summed E-state index contributed by atoms with van der Waals surface area (Å²) in [6.45, 7) is 5.36. The van der Waals surface area contributed by atoms with Gasteiger partial charge < -0.3 is 20.5 Å². The minimum atomic E-state index is -0.858. The molecule has 144 valence electrons. The maximum atomic E-state index is 12.6. The van der Waals surface area contributed by atoms with Crippen molar-refractivity contribution in [3.05, 3.63) is 65.7 Å². The zero-order valence-electron chi connectivity index (χ0n) is 15.9. The van der Waals surface area contributed by atoms with Crippen molar-refractivity contribution in [1.29, 1.82) is 0 Å². The monoisotopic (exact) mass is 370 g/mol. The lowest BCUT2D eigenvalue weighted by Gasteiger charge is -2.23. The van der Waals surface area contributed by atoms with Gasteiger partial charge in [-0.1, -0.05) is 42.5 Å². The number of nitrogens with two attached hydrogens (primary N) is 1. The number of amides is 1. The fraction of sp³-hybridized carbons (Fsp3) is 0.333. The summed E-state index contributed by atoms with van der Waals surface area (Å²) in [5, 5.41) is 2.61. The van der Waals surface area contributed by atoms with Crippen molar-refractivity contribution in [2.24, 2.45) is 0 Å². The van der Waals surface area contributed by atoms with Crippen molar-refractivity contribution < 1.29 is 19.1 Å². The number of anilines is 1. The SMILES string of the molecule is CC(C)(C)OC(=O)N[C@@H](Cc1ccccc1)C(=O)OCc1cccc(N)c1. The molecule has 0 aliphatic heterocycles. The van der Waals surface area contributed by atoms with Crippen LogP contribution in [0.1, 0.15) is 31.9 Å². The van der Waals surface area contributed by atoms with E-state index in [9.17, 15) is 9.59 Å². The van der Waals surface area contributed by atoms with Gasteiger partial charge in [-0.2, -0.15) is 0 Å². The van der Waals surface area contributed by atoms with Crippen LogP contribution < -0.4 is 11.1 Å². The zero-order valence-corrected chi connectivity index (χ0v) is 15.9. The van der Waals surface area contributed by atoms with E-state index in [0.717, 1.165) is 11.1 Å². The van der Waals surface area contributed by atoms with E-state index in [1.165, 1.54) is 0 Å². The molecule has 2 rings (SSSR count). The molecule has 0 aromatic heterocycles. The van der Waals surface area contributed by atoms with Gasteiger partial charge in [0.25, 0.3) is 0 Å². The molecule has 2 aromatic carbocycles. The fourth-order valence-corrected chi connectivity index (χ4v) is 2.43. The van der Waals surface area contributed by atoms with Crippen LogP contribution in [-0.2, 0) is 27.3 Å². The molecule has 0 aliphatic carbocycles. The quantitative estimate of drug-likeness (QED) is 0.600. The van der Waals surface area contributed by atoms with Crippen molar-refractivity contribution in [3.63, 3.8) is 0 Å². The highest BCUT2D eigenvalue weighted by molar-refractivity contribution is 5.81. The van der Waals surface area contributed by atoms with Crippen molar-refractivity contribution in [1.82, 2.24) is 5.32 Å². The summed E-state index contributed by atoms with van der Waals surface area (Å²) in [7, 11) is 0. The average Bonchev–Trinajstić information content (AvgIpc) is 2.58. The molecule has 0 unspecified atom stereocenters. The van der Waals surface area contributed by atoms with Gasteiger partial charge in [-0.25, -0.2) is 9.59 Å². The molecule has 6 heteroatoms. The number of carbonyl (C=O) groups is 2. The summed E-state index contributed by atoms with van der Waals surface area (Å²) < 4.78 is 10.6. The Morgan fingerprint density at radius 3 is 2.33 bits per heavy atom. The standard InChI is InChI=1S/C21H26N2O4/c1-21(2,3)27-20(25)23-18(13-15-8-5-4-6-9-15)19(24)26-14-16-10-7-11-17(22)12-16/h4-12,18H,13-14,22H2,1-3H3,(H,23,25)/t18-/m0/s1. The zero-order chi connectivity index (χ0) is 19.9. The predicted molar refractivity (Wildman–Crippen MR) is 104 cm³/mol. The Kier molecular flexibility index (Phi) is 6.82. The lowest BCUT2D eigenvalue weighted by molar-refractivity contribution is -0.147. The third kappa shape index (κ3) is 7.40. The molecule has 0 heterocycles. The molecule has 0 saturated carbocycles. The molecule has 0 fully saturated rings.